The van der Waals surface area contributed by atoms with Gasteiger partial charge in [-0.3, -0.25) is 14.4 Å². The van der Waals surface area contributed by atoms with Crippen molar-refractivity contribution in [1.82, 2.24) is 19.6 Å². The predicted octanol–water partition coefficient (Wildman–Crippen LogP) is 6.89. The van der Waals surface area contributed by atoms with Crippen LogP contribution in [0.3, 0.4) is 0 Å². The van der Waals surface area contributed by atoms with Gasteiger partial charge in [0, 0.05) is 48.4 Å². The summed E-state index contributed by atoms with van der Waals surface area (Å²) in [4.78, 5) is 16.5. The number of likely N-dealkylation sites (tertiary alicyclic amines) is 1. The number of amides is 1. The molecule has 2 aromatic carbocycles. The van der Waals surface area contributed by atoms with Crippen LogP contribution in [0.5, 0.6) is 0 Å². The first-order valence-electron chi connectivity index (χ1n) is 12.9. The summed E-state index contributed by atoms with van der Waals surface area (Å²) in [7, 11) is 1.77. The Kier molecular flexibility index (Phi) is 7.15. The molecule has 8 heteroatoms. The van der Waals surface area contributed by atoms with Crippen LogP contribution in [0.25, 0.3) is 22.2 Å². The van der Waals surface area contributed by atoms with Gasteiger partial charge in [-0.1, -0.05) is 36.9 Å². The van der Waals surface area contributed by atoms with Gasteiger partial charge in [-0.2, -0.15) is 13.9 Å². The molecule has 5 rings (SSSR count). The quantitative estimate of drug-likeness (QED) is 0.332. The van der Waals surface area contributed by atoms with Gasteiger partial charge in [0.15, 0.2) is 0 Å². The molecule has 0 radical (unpaired) electrons. The Morgan fingerprint density at radius 2 is 1.89 bits per heavy atom. The molecule has 198 valence electrons. The van der Waals surface area contributed by atoms with Crippen LogP contribution < -0.4 is 0 Å². The molecular formula is C30H31F3N4O. The number of alkyl halides is 2. The maximum atomic E-state index is 14.1. The van der Waals surface area contributed by atoms with Crippen molar-refractivity contribution in [2.45, 2.75) is 39.2 Å². The molecule has 38 heavy (non-hydrogen) atoms. The third-order valence-corrected chi connectivity index (χ3v) is 7.61. The van der Waals surface area contributed by atoms with Crippen molar-refractivity contribution in [2.75, 3.05) is 13.1 Å². The Hall–Kier alpha value is -3.81. The minimum absolute atomic E-state index is 0.132. The summed E-state index contributed by atoms with van der Waals surface area (Å²) < 4.78 is 43.8. The summed E-state index contributed by atoms with van der Waals surface area (Å²) in [5.41, 5.74) is 4.32. The molecule has 3 aromatic rings. The molecule has 1 fully saturated rings. The summed E-state index contributed by atoms with van der Waals surface area (Å²) in [5, 5.41) is 5.36. The highest BCUT2D eigenvalue weighted by Crippen LogP contribution is 2.35. The smallest absolute Gasteiger partial charge is 0.319 e. The standard InChI is InChI=1S/C30H31F3N4O/c1-19-8-4-5-13-26(19)37(30(32)33)20(2)21-14-16-36(17-15-21)29(38)25-12-7-11-24-27(34-35(3)28(24)25)22-9-6-10-23(31)18-22/h5-7,9-13,18,21,30H,2,4,8,14-17H2,1,3H3. The van der Waals surface area contributed by atoms with Crippen molar-refractivity contribution in [3.05, 3.63) is 89.5 Å². The van der Waals surface area contributed by atoms with Crippen molar-refractivity contribution in [1.29, 1.82) is 0 Å². The van der Waals surface area contributed by atoms with E-state index in [1.54, 1.807) is 40.9 Å². The molecule has 1 amide bonds. The molecular weight excluding hydrogens is 489 g/mol. The van der Waals surface area contributed by atoms with E-state index in [0.717, 1.165) is 28.7 Å². The minimum Gasteiger partial charge on any atom is -0.339 e. The number of fused-ring (bicyclic) bond motifs is 1. The Labute approximate surface area is 220 Å². The summed E-state index contributed by atoms with van der Waals surface area (Å²) in [6.07, 6.45) is 6.41. The van der Waals surface area contributed by atoms with Gasteiger partial charge in [-0.15, -0.1) is 0 Å². The zero-order valence-electron chi connectivity index (χ0n) is 21.6. The number of nitrogens with zero attached hydrogens (tertiary/aromatic N) is 4. The summed E-state index contributed by atoms with van der Waals surface area (Å²) in [5.74, 6) is -0.627. The number of aryl methyl sites for hydroxylation is 1. The molecule has 1 aliphatic carbocycles. The highest BCUT2D eigenvalue weighted by molar-refractivity contribution is 6.08. The number of carbonyl (C=O) groups excluding carboxylic acids is 1. The molecule has 1 aliphatic heterocycles. The number of carbonyl (C=O) groups is 1. The lowest BCUT2D eigenvalue weighted by molar-refractivity contribution is 0.0102. The highest BCUT2D eigenvalue weighted by atomic mass is 19.3. The van der Waals surface area contributed by atoms with Crippen molar-refractivity contribution >= 4 is 16.8 Å². The molecule has 0 bridgehead atoms. The van der Waals surface area contributed by atoms with Gasteiger partial charge in [-0.05, 0) is 62.5 Å². The second-order valence-corrected chi connectivity index (χ2v) is 10.00. The lowest BCUT2D eigenvalue weighted by atomic mass is 9.91. The average Bonchev–Trinajstić information content (AvgIpc) is 3.26. The van der Waals surface area contributed by atoms with Crippen LogP contribution in [0, 0.1) is 11.7 Å². The maximum absolute atomic E-state index is 14.1. The fraction of sp³-hybridized carbons (Fsp3) is 0.333. The first kappa shape index (κ1) is 25.8. The number of aromatic nitrogens is 2. The van der Waals surface area contributed by atoms with E-state index in [-0.39, 0.29) is 17.6 Å². The Bertz CT molecular complexity index is 1450. The van der Waals surface area contributed by atoms with Crippen LogP contribution in [-0.4, -0.2) is 45.1 Å². The van der Waals surface area contributed by atoms with E-state index in [4.69, 9.17) is 0 Å². The van der Waals surface area contributed by atoms with E-state index in [0.29, 0.717) is 59.7 Å². The average molecular weight is 521 g/mol. The molecule has 0 saturated carbocycles. The van der Waals surface area contributed by atoms with E-state index in [1.165, 1.54) is 12.1 Å². The second kappa shape index (κ2) is 10.5. The minimum atomic E-state index is -2.68. The normalized spacial score (nSPS) is 16.5. The van der Waals surface area contributed by atoms with Crippen LogP contribution in [0.1, 0.15) is 43.0 Å². The van der Waals surface area contributed by atoms with Crippen LogP contribution >= 0.6 is 0 Å². The first-order valence-corrected chi connectivity index (χ1v) is 12.9. The number of para-hydroxylation sites is 1. The van der Waals surface area contributed by atoms with Crippen molar-refractivity contribution in [3.63, 3.8) is 0 Å². The van der Waals surface area contributed by atoms with Gasteiger partial charge in [0.05, 0.1) is 11.1 Å². The number of hydrogen-bond acceptors (Lipinski definition) is 3. The molecule has 1 saturated heterocycles. The zero-order valence-corrected chi connectivity index (χ0v) is 21.6. The summed E-state index contributed by atoms with van der Waals surface area (Å²) >= 11 is 0. The molecule has 0 N–H and O–H groups in total. The van der Waals surface area contributed by atoms with Crippen LogP contribution in [-0.2, 0) is 7.05 Å². The van der Waals surface area contributed by atoms with Crippen molar-refractivity contribution < 1.29 is 18.0 Å². The van der Waals surface area contributed by atoms with Gasteiger partial charge < -0.3 is 4.90 Å². The maximum Gasteiger partial charge on any atom is 0.319 e. The molecule has 2 heterocycles. The fourth-order valence-electron chi connectivity index (χ4n) is 5.58. The first-order chi connectivity index (χ1) is 18.3. The SMILES string of the molecule is C=C(C1CCN(C(=O)c2cccc3c(-c4cccc(F)c4)nn(C)c23)CC1)N(C1=C(C)CCC=C1)C(F)F. The second-order valence-electron chi connectivity index (χ2n) is 10.00. The zero-order chi connectivity index (χ0) is 27.0. The number of hydrogen-bond donors (Lipinski definition) is 0. The van der Waals surface area contributed by atoms with Gasteiger partial charge >= 0.3 is 6.55 Å². The van der Waals surface area contributed by atoms with Gasteiger partial charge in [0.1, 0.15) is 11.5 Å². The molecule has 5 nitrogen and oxygen atoms in total. The summed E-state index contributed by atoms with van der Waals surface area (Å²) in [6, 6.07) is 11.7. The lowest BCUT2D eigenvalue weighted by Crippen LogP contribution is -2.41. The van der Waals surface area contributed by atoms with Crippen LogP contribution in [0.2, 0.25) is 0 Å². The number of rotatable bonds is 6. The van der Waals surface area contributed by atoms with Gasteiger partial charge in [-0.25, -0.2) is 4.39 Å². The number of allylic oxidation sites excluding steroid dienone is 4. The summed E-state index contributed by atoms with van der Waals surface area (Å²) in [6.45, 7) is 4.16. The number of benzene rings is 2. The molecule has 0 atom stereocenters. The third-order valence-electron chi connectivity index (χ3n) is 7.61. The Morgan fingerprint density at radius 1 is 1.16 bits per heavy atom. The van der Waals surface area contributed by atoms with E-state index in [9.17, 15) is 18.0 Å². The fourth-order valence-corrected chi connectivity index (χ4v) is 5.58. The Morgan fingerprint density at radius 3 is 2.58 bits per heavy atom. The van der Waals surface area contributed by atoms with Gasteiger partial charge in [0.25, 0.3) is 5.91 Å². The molecule has 1 aromatic heterocycles. The molecule has 0 spiro atoms. The molecule has 2 aliphatic rings. The van der Waals surface area contributed by atoms with E-state index < -0.39 is 6.55 Å². The monoisotopic (exact) mass is 520 g/mol. The predicted molar refractivity (Wildman–Crippen MR) is 143 cm³/mol. The van der Waals surface area contributed by atoms with Crippen LogP contribution in [0.4, 0.5) is 13.2 Å². The van der Waals surface area contributed by atoms with Gasteiger partial charge in [0.2, 0.25) is 0 Å². The number of halogens is 3. The van der Waals surface area contributed by atoms with E-state index >= 15 is 0 Å². The number of piperidine rings is 1. The van der Waals surface area contributed by atoms with E-state index in [2.05, 4.69) is 11.7 Å². The lowest BCUT2D eigenvalue weighted by Gasteiger charge is -2.38. The van der Waals surface area contributed by atoms with Crippen molar-refractivity contribution in [2.24, 2.45) is 13.0 Å². The van der Waals surface area contributed by atoms with Crippen molar-refractivity contribution in [3.8, 4) is 11.3 Å². The third kappa shape index (κ3) is 4.75. The van der Waals surface area contributed by atoms with E-state index in [1.807, 2.05) is 25.1 Å². The molecule has 0 unspecified atom stereocenters. The Balaban J connectivity index is 1.35. The topological polar surface area (TPSA) is 41.4 Å². The van der Waals surface area contributed by atoms with Crippen LogP contribution in [0.15, 0.2) is 78.2 Å². The largest absolute Gasteiger partial charge is 0.339 e. The highest BCUT2D eigenvalue weighted by Gasteiger charge is 2.32.